The van der Waals surface area contributed by atoms with Crippen LogP contribution in [0.2, 0.25) is 0 Å². The molecule has 0 amide bonds. The van der Waals surface area contributed by atoms with Crippen LogP contribution in [0, 0.1) is 5.41 Å². The van der Waals surface area contributed by atoms with Crippen LogP contribution in [0.1, 0.15) is 31.0 Å². The van der Waals surface area contributed by atoms with Gasteiger partial charge in [0.1, 0.15) is 0 Å². The number of hydrogen-bond donors (Lipinski definition) is 2. The molecule has 0 spiro atoms. The minimum Gasteiger partial charge on any atom is -0.357 e. The van der Waals surface area contributed by atoms with Crippen molar-refractivity contribution < 1.29 is 0 Å². The molecule has 4 nitrogen and oxygen atoms in total. The van der Waals surface area contributed by atoms with Gasteiger partial charge in [0.15, 0.2) is 5.96 Å². The molecule has 3 rings (SSSR count). The number of hydrogen-bond acceptors (Lipinski definition) is 2. The van der Waals surface area contributed by atoms with E-state index in [9.17, 15) is 0 Å². The second-order valence-electron chi connectivity index (χ2n) is 6.53. The fourth-order valence-electron chi connectivity index (χ4n) is 2.89. The number of guanidine groups is 1. The Morgan fingerprint density at radius 2 is 1.88 bits per heavy atom. The first-order valence-electron chi connectivity index (χ1n) is 8.76. The highest BCUT2D eigenvalue weighted by Crippen LogP contribution is 2.47. The molecule has 0 aliphatic heterocycles. The van der Waals surface area contributed by atoms with Gasteiger partial charge in [0, 0.05) is 19.3 Å². The van der Waals surface area contributed by atoms with Crippen LogP contribution < -0.4 is 10.6 Å². The third-order valence-corrected chi connectivity index (χ3v) is 4.48. The molecular weight excluding hydrogens is 296 g/mol. The summed E-state index contributed by atoms with van der Waals surface area (Å²) >= 11 is 0. The zero-order valence-corrected chi connectivity index (χ0v) is 14.3. The van der Waals surface area contributed by atoms with E-state index < -0.39 is 0 Å². The van der Waals surface area contributed by atoms with E-state index in [1.807, 2.05) is 24.4 Å². The van der Waals surface area contributed by atoms with Crippen LogP contribution in [0.15, 0.2) is 59.7 Å². The second-order valence-corrected chi connectivity index (χ2v) is 6.53. The van der Waals surface area contributed by atoms with Gasteiger partial charge in [0.05, 0.1) is 12.2 Å². The Morgan fingerprint density at radius 1 is 1.08 bits per heavy atom. The van der Waals surface area contributed by atoms with Crippen LogP contribution >= 0.6 is 0 Å². The van der Waals surface area contributed by atoms with Gasteiger partial charge >= 0.3 is 0 Å². The molecule has 24 heavy (non-hydrogen) atoms. The van der Waals surface area contributed by atoms with E-state index in [0.29, 0.717) is 12.0 Å². The van der Waals surface area contributed by atoms with Crippen molar-refractivity contribution in [3.63, 3.8) is 0 Å². The Labute approximate surface area is 144 Å². The molecule has 1 saturated carbocycles. The highest BCUT2D eigenvalue weighted by molar-refractivity contribution is 5.79. The van der Waals surface area contributed by atoms with Crippen molar-refractivity contribution in [2.45, 2.75) is 32.7 Å². The van der Waals surface area contributed by atoms with Crippen molar-refractivity contribution in [1.82, 2.24) is 15.6 Å². The van der Waals surface area contributed by atoms with Crippen molar-refractivity contribution in [3.05, 3.63) is 66.0 Å². The summed E-state index contributed by atoms with van der Waals surface area (Å²) in [4.78, 5) is 8.98. The number of nitrogens with one attached hydrogen (secondary N) is 2. The van der Waals surface area contributed by atoms with E-state index in [1.54, 1.807) is 0 Å². The Bertz CT molecular complexity index is 648. The second kappa shape index (κ2) is 7.95. The standard InChI is InChI=1S/C20H26N4/c1-2-21-19(23-15-18-10-6-7-13-22-18)24-16-20(11-12-20)14-17-8-4-3-5-9-17/h3-10,13H,2,11-12,14-16H2,1H3,(H2,21,23,24). The molecule has 1 aliphatic rings. The summed E-state index contributed by atoms with van der Waals surface area (Å²) in [5, 5.41) is 6.85. The molecule has 1 aromatic carbocycles. The average Bonchev–Trinajstić information content (AvgIpc) is 3.39. The first-order chi connectivity index (χ1) is 11.8. The molecule has 1 aromatic heterocycles. The van der Waals surface area contributed by atoms with Gasteiger partial charge in [-0.3, -0.25) is 4.98 Å². The van der Waals surface area contributed by atoms with E-state index in [2.05, 4.69) is 57.9 Å². The number of aliphatic imine (C=N–C) groups is 1. The van der Waals surface area contributed by atoms with Crippen LogP contribution in [-0.4, -0.2) is 24.0 Å². The first-order valence-corrected chi connectivity index (χ1v) is 8.76. The van der Waals surface area contributed by atoms with Crippen LogP contribution in [0.5, 0.6) is 0 Å². The highest BCUT2D eigenvalue weighted by Gasteiger charge is 2.42. The summed E-state index contributed by atoms with van der Waals surface area (Å²) in [7, 11) is 0. The van der Waals surface area contributed by atoms with Crippen LogP contribution in [0.4, 0.5) is 0 Å². The molecule has 2 aromatic rings. The third-order valence-electron chi connectivity index (χ3n) is 4.48. The van der Waals surface area contributed by atoms with Crippen molar-refractivity contribution in [2.75, 3.05) is 13.1 Å². The molecular formula is C20H26N4. The number of pyridine rings is 1. The Morgan fingerprint density at radius 3 is 2.54 bits per heavy atom. The Hall–Kier alpha value is -2.36. The minimum absolute atomic E-state index is 0.391. The Kier molecular flexibility index (Phi) is 5.47. The zero-order chi connectivity index (χ0) is 16.7. The van der Waals surface area contributed by atoms with E-state index in [1.165, 1.54) is 18.4 Å². The maximum Gasteiger partial charge on any atom is 0.191 e. The summed E-state index contributed by atoms with van der Waals surface area (Å²) in [6.45, 7) is 4.52. The summed E-state index contributed by atoms with van der Waals surface area (Å²) < 4.78 is 0. The van der Waals surface area contributed by atoms with Crippen LogP contribution in [-0.2, 0) is 13.0 Å². The van der Waals surface area contributed by atoms with Crippen molar-refractivity contribution >= 4 is 5.96 Å². The van der Waals surface area contributed by atoms with Gasteiger partial charge in [-0.25, -0.2) is 4.99 Å². The molecule has 0 atom stereocenters. The van der Waals surface area contributed by atoms with Crippen molar-refractivity contribution in [1.29, 1.82) is 0 Å². The summed E-state index contributed by atoms with van der Waals surface area (Å²) in [6, 6.07) is 16.7. The molecule has 1 aliphatic carbocycles. The topological polar surface area (TPSA) is 49.3 Å². The number of benzene rings is 1. The number of rotatable bonds is 7. The lowest BCUT2D eigenvalue weighted by Gasteiger charge is -2.18. The smallest absolute Gasteiger partial charge is 0.191 e. The normalized spacial score (nSPS) is 15.8. The van der Waals surface area contributed by atoms with Gasteiger partial charge in [-0.2, -0.15) is 0 Å². The van der Waals surface area contributed by atoms with E-state index in [4.69, 9.17) is 0 Å². The molecule has 2 N–H and O–H groups in total. The van der Waals surface area contributed by atoms with Crippen LogP contribution in [0.3, 0.4) is 0 Å². The van der Waals surface area contributed by atoms with Gasteiger partial charge in [-0.15, -0.1) is 0 Å². The largest absolute Gasteiger partial charge is 0.357 e. The molecule has 126 valence electrons. The van der Waals surface area contributed by atoms with Crippen LogP contribution in [0.25, 0.3) is 0 Å². The highest BCUT2D eigenvalue weighted by atomic mass is 15.2. The molecule has 0 saturated heterocycles. The zero-order valence-electron chi connectivity index (χ0n) is 14.3. The lowest BCUT2D eigenvalue weighted by Crippen LogP contribution is -2.40. The van der Waals surface area contributed by atoms with Gasteiger partial charge in [-0.1, -0.05) is 36.4 Å². The number of aromatic nitrogens is 1. The maximum absolute atomic E-state index is 4.65. The van der Waals surface area contributed by atoms with Gasteiger partial charge in [0.25, 0.3) is 0 Å². The van der Waals surface area contributed by atoms with E-state index in [0.717, 1.165) is 31.2 Å². The number of nitrogens with zero attached hydrogens (tertiary/aromatic N) is 2. The molecule has 0 bridgehead atoms. The summed E-state index contributed by atoms with van der Waals surface area (Å²) in [5.74, 6) is 0.877. The SMILES string of the molecule is CCNC(=NCc1ccccn1)NCC1(Cc2ccccc2)CC1. The molecule has 0 radical (unpaired) electrons. The lowest BCUT2D eigenvalue weighted by molar-refractivity contribution is 0.492. The molecule has 1 fully saturated rings. The fraction of sp³-hybridized carbons (Fsp3) is 0.400. The van der Waals surface area contributed by atoms with E-state index >= 15 is 0 Å². The maximum atomic E-state index is 4.65. The van der Waals surface area contributed by atoms with Gasteiger partial charge < -0.3 is 10.6 Å². The summed E-state index contributed by atoms with van der Waals surface area (Å²) in [5.41, 5.74) is 2.80. The molecule has 4 heteroatoms. The Balaban J connectivity index is 1.56. The third kappa shape index (κ3) is 4.82. The molecule has 0 unspecified atom stereocenters. The minimum atomic E-state index is 0.391. The first kappa shape index (κ1) is 16.5. The van der Waals surface area contributed by atoms with Gasteiger partial charge in [0.2, 0.25) is 0 Å². The van der Waals surface area contributed by atoms with E-state index in [-0.39, 0.29) is 0 Å². The monoisotopic (exact) mass is 322 g/mol. The predicted octanol–water partition coefficient (Wildman–Crippen LogP) is 3.16. The van der Waals surface area contributed by atoms with Crippen molar-refractivity contribution in [2.24, 2.45) is 10.4 Å². The lowest BCUT2D eigenvalue weighted by atomic mass is 9.96. The van der Waals surface area contributed by atoms with Crippen molar-refractivity contribution in [3.8, 4) is 0 Å². The summed E-state index contributed by atoms with van der Waals surface area (Å²) in [6.07, 6.45) is 5.52. The predicted molar refractivity (Wildman–Crippen MR) is 98.9 cm³/mol. The molecule has 1 heterocycles. The van der Waals surface area contributed by atoms with Gasteiger partial charge in [-0.05, 0) is 49.3 Å². The fourth-order valence-corrected chi connectivity index (χ4v) is 2.89. The average molecular weight is 322 g/mol. The quantitative estimate of drug-likeness (QED) is 0.608.